The van der Waals surface area contributed by atoms with Crippen LogP contribution in [-0.4, -0.2) is 13.3 Å². The predicted octanol–water partition coefficient (Wildman–Crippen LogP) is 3.52. The van der Waals surface area contributed by atoms with Gasteiger partial charge in [-0.15, -0.1) is 0 Å². The van der Waals surface area contributed by atoms with Crippen LogP contribution in [0, 0.1) is 10.1 Å². The van der Waals surface area contributed by atoms with Crippen molar-refractivity contribution in [2.24, 2.45) is 0 Å². The van der Waals surface area contributed by atoms with Crippen LogP contribution in [-0.2, 0) is 10.0 Å². The third-order valence-corrected chi connectivity index (χ3v) is 4.56. The average Bonchev–Trinajstić information content (AvgIpc) is 2.47. The molecule has 22 heavy (non-hydrogen) atoms. The van der Waals surface area contributed by atoms with Crippen LogP contribution in [0.5, 0.6) is 0 Å². The van der Waals surface area contributed by atoms with Crippen molar-refractivity contribution < 1.29 is 13.3 Å². The molecule has 116 valence electrons. The third-order valence-electron chi connectivity index (χ3n) is 3.16. The summed E-state index contributed by atoms with van der Waals surface area (Å²) in [5.74, 6) is 0.281. The molecule has 0 bridgehead atoms. The van der Waals surface area contributed by atoms with Crippen molar-refractivity contribution in [3.05, 3.63) is 64.2 Å². The smallest absolute Gasteiger partial charge is 0.269 e. The van der Waals surface area contributed by atoms with E-state index in [2.05, 4.69) is 4.72 Å². The Hall–Kier alpha value is -2.41. The van der Waals surface area contributed by atoms with Gasteiger partial charge in [0, 0.05) is 17.8 Å². The van der Waals surface area contributed by atoms with Crippen LogP contribution in [0.1, 0.15) is 25.3 Å². The highest BCUT2D eigenvalue weighted by atomic mass is 32.2. The lowest BCUT2D eigenvalue weighted by Crippen LogP contribution is -2.13. The molecule has 0 aliphatic rings. The number of hydrogen-bond acceptors (Lipinski definition) is 4. The minimum absolute atomic E-state index is 0.0203. The highest BCUT2D eigenvalue weighted by Gasteiger charge is 2.16. The first-order valence-corrected chi connectivity index (χ1v) is 8.15. The average molecular weight is 320 g/mol. The maximum absolute atomic E-state index is 12.3. The number of nitrogens with one attached hydrogen (secondary N) is 1. The second-order valence-corrected chi connectivity index (χ2v) is 6.82. The lowest BCUT2D eigenvalue weighted by molar-refractivity contribution is -0.384. The number of nitro benzene ring substituents is 1. The third kappa shape index (κ3) is 3.62. The summed E-state index contributed by atoms with van der Waals surface area (Å²) >= 11 is 0. The molecule has 0 radical (unpaired) electrons. The molecule has 0 unspecified atom stereocenters. The van der Waals surface area contributed by atoms with Crippen molar-refractivity contribution in [2.75, 3.05) is 4.72 Å². The van der Waals surface area contributed by atoms with Gasteiger partial charge in [-0.3, -0.25) is 14.8 Å². The SMILES string of the molecule is CC(C)c1cccc(NS(=O)(=O)c2ccc([N+](=O)[O-])cc2)c1. The molecule has 0 heterocycles. The van der Waals surface area contributed by atoms with Crippen LogP contribution in [0.25, 0.3) is 0 Å². The Kier molecular flexibility index (Phi) is 4.46. The zero-order valence-corrected chi connectivity index (χ0v) is 13.0. The van der Waals surface area contributed by atoms with E-state index >= 15 is 0 Å². The van der Waals surface area contributed by atoms with Gasteiger partial charge < -0.3 is 0 Å². The number of nitrogens with zero attached hydrogens (tertiary/aromatic N) is 1. The Morgan fingerprint density at radius 2 is 1.73 bits per heavy atom. The summed E-state index contributed by atoms with van der Waals surface area (Å²) in [5, 5.41) is 10.6. The van der Waals surface area contributed by atoms with Crippen LogP contribution >= 0.6 is 0 Å². The number of rotatable bonds is 5. The van der Waals surface area contributed by atoms with Crippen LogP contribution < -0.4 is 4.72 Å². The second-order valence-electron chi connectivity index (χ2n) is 5.14. The van der Waals surface area contributed by atoms with Gasteiger partial charge in [0.15, 0.2) is 0 Å². The van der Waals surface area contributed by atoms with E-state index in [-0.39, 0.29) is 16.5 Å². The van der Waals surface area contributed by atoms with Gasteiger partial charge in [-0.1, -0.05) is 26.0 Å². The summed E-state index contributed by atoms with van der Waals surface area (Å²) < 4.78 is 27.0. The minimum Gasteiger partial charge on any atom is -0.280 e. The molecule has 0 aromatic heterocycles. The Bertz CT molecular complexity index is 783. The van der Waals surface area contributed by atoms with Gasteiger partial charge in [0.1, 0.15) is 0 Å². The Labute approximate surface area is 129 Å². The van der Waals surface area contributed by atoms with Gasteiger partial charge in [0.2, 0.25) is 0 Å². The quantitative estimate of drug-likeness (QED) is 0.674. The Balaban J connectivity index is 2.27. The standard InChI is InChI=1S/C15H16N2O4S/c1-11(2)12-4-3-5-13(10-12)16-22(20,21)15-8-6-14(7-9-15)17(18)19/h3-11,16H,1-2H3. The molecule has 0 aliphatic heterocycles. The number of sulfonamides is 1. The van der Waals surface area contributed by atoms with E-state index in [1.54, 1.807) is 18.2 Å². The number of nitro groups is 1. The fraction of sp³-hybridized carbons (Fsp3) is 0.200. The van der Waals surface area contributed by atoms with Crippen molar-refractivity contribution in [2.45, 2.75) is 24.7 Å². The van der Waals surface area contributed by atoms with E-state index in [1.807, 2.05) is 19.9 Å². The molecule has 6 nitrogen and oxygen atoms in total. The first kappa shape index (κ1) is 16.0. The van der Waals surface area contributed by atoms with Crippen LogP contribution in [0.2, 0.25) is 0 Å². The molecule has 2 rings (SSSR count). The van der Waals surface area contributed by atoms with Crippen molar-refractivity contribution >= 4 is 21.4 Å². The Morgan fingerprint density at radius 3 is 2.27 bits per heavy atom. The van der Waals surface area contributed by atoms with Gasteiger partial charge in [0.05, 0.1) is 9.82 Å². The van der Waals surface area contributed by atoms with E-state index in [9.17, 15) is 18.5 Å². The molecule has 0 aliphatic carbocycles. The summed E-state index contributed by atoms with van der Waals surface area (Å²) in [6.07, 6.45) is 0. The van der Waals surface area contributed by atoms with E-state index in [0.29, 0.717) is 5.69 Å². The molecular weight excluding hydrogens is 304 g/mol. The molecule has 0 spiro atoms. The minimum atomic E-state index is -3.77. The highest BCUT2D eigenvalue weighted by molar-refractivity contribution is 7.92. The van der Waals surface area contributed by atoms with Crippen LogP contribution in [0.3, 0.4) is 0 Å². The van der Waals surface area contributed by atoms with Gasteiger partial charge in [0.25, 0.3) is 15.7 Å². The molecule has 0 atom stereocenters. The second kappa shape index (κ2) is 6.15. The summed E-state index contributed by atoms with van der Waals surface area (Å²) in [4.78, 5) is 10.0. The van der Waals surface area contributed by atoms with Gasteiger partial charge in [-0.05, 0) is 35.7 Å². The zero-order valence-electron chi connectivity index (χ0n) is 12.2. The topological polar surface area (TPSA) is 89.3 Å². The number of hydrogen-bond donors (Lipinski definition) is 1. The van der Waals surface area contributed by atoms with Gasteiger partial charge in [-0.2, -0.15) is 0 Å². The summed E-state index contributed by atoms with van der Waals surface area (Å²) in [7, 11) is -3.77. The van der Waals surface area contributed by atoms with E-state index in [1.165, 1.54) is 24.3 Å². The maximum atomic E-state index is 12.3. The van der Waals surface area contributed by atoms with E-state index < -0.39 is 14.9 Å². The summed E-state index contributed by atoms with van der Waals surface area (Å²) in [6, 6.07) is 11.9. The molecule has 0 saturated carbocycles. The largest absolute Gasteiger partial charge is 0.280 e. The predicted molar refractivity (Wildman–Crippen MR) is 84.4 cm³/mol. The normalized spacial score (nSPS) is 11.4. The van der Waals surface area contributed by atoms with E-state index in [0.717, 1.165) is 5.56 Å². The van der Waals surface area contributed by atoms with Gasteiger partial charge in [-0.25, -0.2) is 8.42 Å². The summed E-state index contributed by atoms with van der Waals surface area (Å²) in [6.45, 7) is 4.04. The van der Waals surface area contributed by atoms with Crippen molar-refractivity contribution in [3.63, 3.8) is 0 Å². The molecule has 7 heteroatoms. The Morgan fingerprint density at radius 1 is 1.09 bits per heavy atom. The molecule has 1 N–H and O–H groups in total. The lowest BCUT2D eigenvalue weighted by atomic mass is 10.0. The fourth-order valence-electron chi connectivity index (χ4n) is 1.92. The fourth-order valence-corrected chi connectivity index (χ4v) is 2.97. The molecule has 0 fully saturated rings. The van der Waals surface area contributed by atoms with Crippen LogP contribution in [0.4, 0.5) is 11.4 Å². The molecule has 2 aromatic carbocycles. The molecule has 0 saturated heterocycles. The summed E-state index contributed by atoms with van der Waals surface area (Å²) in [5.41, 5.74) is 1.33. The van der Waals surface area contributed by atoms with Gasteiger partial charge >= 0.3 is 0 Å². The lowest BCUT2D eigenvalue weighted by Gasteiger charge is -2.11. The molecule has 2 aromatic rings. The maximum Gasteiger partial charge on any atom is 0.269 e. The van der Waals surface area contributed by atoms with E-state index in [4.69, 9.17) is 0 Å². The first-order chi connectivity index (χ1) is 10.3. The van der Waals surface area contributed by atoms with Crippen molar-refractivity contribution in [1.82, 2.24) is 0 Å². The molecular formula is C15H16N2O4S. The highest BCUT2D eigenvalue weighted by Crippen LogP contribution is 2.22. The monoisotopic (exact) mass is 320 g/mol. The van der Waals surface area contributed by atoms with Crippen molar-refractivity contribution in [1.29, 1.82) is 0 Å². The number of non-ortho nitro benzene ring substituents is 1. The molecule has 0 amide bonds. The first-order valence-electron chi connectivity index (χ1n) is 6.67. The number of anilines is 1. The number of benzene rings is 2. The van der Waals surface area contributed by atoms with Crippen molar-refractivity contribution in [3.8, 4) is 0 Å². The van der Waals surface area contributed by atoms with Crippen LogP contribution in [0.15, 0.2) is 53.4 Å². The zero-order chi connectivity index (χ0) is 16.3.